The first kappa shape index (κ1) is 10.7. The number of halogens is 1. The monoisotopic (exact) mass is 251 g/mol. The van der Waals surface area contributed by atoms with Gasteiger partial charge in [0.25, 0.3) is 0 Å². The second-order valence-electron chi connectivity index (χ2n) is 4.49. The van der Waals surface area contributed by atoms with Gasteiger partial charge >= 0.3 is 0 Å². The van der Waals surface area contributed by atoms with E-state index in [9.17, 15) is 14.7 Å². The quantitative estimate of drug-likeness (QED) is 0.550. The molecule has 3 rings (SSSR count). The molecule has 17 heavy (non-hydrogen) atoms. The Morgan fingerprint density at radius 2 is 2.00 bits per heavy atom. The topological polar surface area (TPSA) is 57.6 Å². The molecule has 2 aliphatic rings. The fourth-order valence-electron chi connectivity index (χ4n) is 2.74. The van der Waals surface area contributed by atoms with Crippen LogP contribution in [0.1, 0.15) is 22.3 Å². The van der Waals surface area contributed by atoms with Crippen molar-refractivity contribution in [2.24, 2.45) is 0 Å². The van der Waals surface area contributed by atoms with Gasteiger partial charge in [-0.15, -0.1) is 0 Å². The molecule has 1 aliphatic carbocycles. The van der Waals surface area contributed by atoms with Crippen LogP contribution in [0.2, 0.25) is 0 Å². The van der Waals surface area contributed by atoms with Crippen LogP contribution in [0, 0.1) is 0 Å². The predicted molar refractivity (Wildman–Crippen MR) is 60.6 cm³/mol. The van der Waals surface area contributed by atoms with Gasteiger partial charge in [-0.1, -0.05) is 35.9 Å². The van der Waals surface area contributed by atoms with Crippen LogP contribution in [-0.4, -0.2) is 33.7 Å². The molecule has 2 atom stereocenters. The van der Waals surface area contributed by atoms with Crippen molar-refractivity contribution in [3.63, 3.8) is 0 Å². The van der Waals surface area contributed by atoms with Gasteiger partial charge in [-0.25, -0.2) is 0 Å². The molecule has 1 aromatic carbocycles. The number of fused-ring (bicyclic) bond motifs is 3. The number of rotatable bonds is 0. The summed E-state index contributed by atoms with van der Waals surface area (Å²) in [5.41, 5.74) is -0.782. The van der Waals surface area contributed by atoms with Gasteiger partial charge in [0.05, 0.1) is 6.42 Å². The second kappa shape index (κ2) is 2.89. The number of carbonyl (C=O) groups is 2. The minimum absolute atomic E-state index is 0.157. The van der Waals surface area contributed by atoms with Crippen LogP contribution in [0.3, 0.4) is 0 Å². The highest BCUT2D eigenvalue weighted by Gasteiger charge is 2.70. The van der Waals surface area contributed by atoms with E-state index in [0.29, 0.717) is 11.1 Å². The normalized spacial score (nSPS) is 35.1. The molecule has 0 unspecified atom stereocenters. The molecular formula is C12H10ClNO3. The predicted octanol–water partition coefficient (Wildman–Crippen LogP) is 0.868. The fourth-order valence-corrected chi connectivity index (χ4v) is 3.10. The van der Waals surface area contributed by atoms with Crippen molar-refractivity contribution in [1.29, 1.82) is 0 Å². The summed E-state index contributed by atoms with van der Waals surface area (Å²) >= 11 is 6.28. The zero-order valence-electron chi connectivity index (χ0n) is 9.11. The number of hydrogen-bond donors (Lipinski definition) is 1. The molecule has 4 nitrogen and oxygen atoms in total. The van der Waals surface area contributed by atoms with Gasteiger partial charge in [-0.3, -0.25) is 9.59 Å². The number of likely N-dealkylation sites (N-methyl/N-ethyl adjacent to an activating group) is 1. The SMILES string of the molecule is CN1C(=O)C[C@@]2(O)c3ccccc3C(=O)[C@@]12Cl. The van der Waals surface area contributed by atoms with Crippen LogP contribution in [0.15, 0.2) is 24.3 Å². The van der Waals surface area contributed by atoms with E-state index in [2.05, 4.69) is 0 Å². The van der Waals surface area contributed by atoms with Crippen LogP contribution < -0.4 is 0 Å². The molecule has 1 fully saturated rings. The van der Waals surface area contributed by atoms with E-state index in [1.165, 1.54) is 7.05 Å². The molecule has 5 heteroatoms. The molecule has 0 spiro atoms. The van der Waals surface area contributed by atoms with Crippen LogP contribution in [0.4, 0.5) is 0 Å². The lowest BCUT2D eigenvalue weighted by molar-refractivity contribution is -0.127. The summed E-state index contributed by atoms with van der Waals surface area (Å²) in [5, 5.41) is 10.6. The first-order valence-electron chi connectivity index (χ1n) is 5.25. The van der Waals surface area contributed by atoms with Gasteiger partial charge in [-0.05, 0) is 5.56 Å². The number of alkyl halides is 1. The summed E-state index contributed by atoms with van der Waals surface area (Å²) in [7, 11) is 1.44. The van der Waals surface area contributed by atoms with E-state index >= 15 is 0 Å². The van der Waals surface area contributed by atoms with Crippen molar-refractivity contribution in [3.05, 3.63) is 35.4 Å². The van der Waals surface area contributed by atoms with Crippen LogP contribution in [0.5, 0.6) is 0 Å². The van der Waals surface area contributed by atoms with Crippen molar-refractivity contribution < 1.29 is 14.7 Å². The van der Waals surface area contributed by atoms with E-state index < -0.39 is 16.4 Å². The average Bonchev–Trinajstić information content (AvgIpc) is 2.60. The lowest BCUT2D eigenvalue weighted by Gasteiger charge is -2.32. The van der Waals surface area contributed by atoms with E-state index in [1.54, 1.807) is 24.3 Å². The Bertz CT molecular complexity index is 558. The lowest BCUT2D eigenvalue weighted by Crippen LogP contribution is -2.52. The standard InChI is InChI=1S/C12H10ClNO3/c1-14-9(15)6-11(17)8-5-3-2-4-7(8)10(16)12(11,14)13/h2-5,17H,6H2,1H3/t11-,12-/m1/s1. The number of likely N-dealkylation sites (tertiary alicyclic amines) is 1. The fraction of sp³-hybridized carbons (Fsp3) is 0.333. The van der Waals surface area contributed by atoms with E-state index in [-0.39, 0.29) is 12.3 Å². The largest absolute Gasteiger partial charge is 0.380 e. The Balaban J connectivity index is 2.33. The van der Waals surface area contributed by atoms with Crippen LogP contribution in [0.25, 0.3) is 0 Å². The molecule has 1 aliphatic heterocycles. The highest BCUT2D eigenvalue weighted by Crippen LogP contribution is 2.55. The summed E-state index contributed by atoms with van der Waals surface area (Å²) in [5.74, 6) is -0.740. The van der Waals surface area contributed by atoms with Crippen LogP contribution in [-0.2, 0) is 10.4 Å². The van der Waals surface area contributed by atoms with Crippen molar-refractivity contribution in [2.45, 2.75) is 17.0 Å². The smallest absolute Gasteiger partial charge is 0.227 e. The van der Waals surface area contributed by atoms with Crippen LogP contribution >= 0.6 is 11.6 Å². The van der Waals surface area contributed by atoms with Gasteiger partial charge in [0.2, 0.25) is 16.7 Å². The Kier molecular flexibility index (Phi) is 1.83. The Morgan fingerprint density at radius 1 is 1.35 bits per heavy atom. The number of ketones is 1. The summed E-state index contributed by atoms with van der Waals surface area (Å²) in [6, 6.07) is 6.69. The zero-order valence-corrected chi connectivity index (χ0v) is 9.86. The third-order valence-electron chi connectivity index (χ3n) is 3.71. The number of hydrogen-bond acceptors (Lipinski definition) is 3. The third kappa shape index (κ3) is 0.944. The molecule has 0 aromatic heterocycles. The Labute approximate surface area is 103 Å². The number of carbonyl (C=O) groups excluding carboxylic acids is 2. The molecule has 1 heterocycles. The number of benzene rings is 1. The average molecular weight is 252 g/mol. The molecule has 1 saturated heterocycles. The van der Waals surface area contributed by atoms with Gasteiger partial charge < -0.3 is 10.0 Å². The van der Waals surface area contributed by atoms with Gasteiger partial charge in [0.1, 0.15) is 5.60 Å². The molecule has 1 amide bonds. The molecule has 0 saturated carbocycles. The second-order valence-corrected chi connectivity index (χ2v) is 5.03. The number of Topliss-reactive ketones (excluding diaryl/α,β-unsaturated/α-hetero) is 1. The molecule has 0 bridgehead atoms. The highest BCUT2D eigenvalue weighted by molar-refractivity contribution is 6.42. The van der Waals surface area contributed by atoms with E-state index in [4.69, 9.17) is 11.6 Å². The summed E-state index contributed by atoms with van der Waals surface area (Å²) < 4.78 is 0. The maximum absolute atomic E-state index is 12.3. The first-order chi connectivity index (χ1) is 7.93. The molecule has 1 N–H and O–H groups in total. The molecule has 1 aromatic rings. The third-order valence-corrected chi connectivity index (χ3v) is 4.45. The zero-order chi connectivity index (χ0) is 12.4. The summed E-state index contributed by atoms with van der Waals surface area (Å²) in [6.45, 7) is 0. The minimum Gasteiger partial charge on any atom is -0.380 e. The van der Waals surface area contributed by atoms with Crippen molar-refractivity contribution in [2.75, 3.05) is 7.05 Å². The summed E-state index contributed by atoms with van der Waals surface area (Å²) in [4.78, 5) is 23.4. The van der Waals surface area contributed by atoms with Gasteiger partial charge in [-0.2, -0.15) is 0 Å². The van der Waals surface area contributed by atoms with Crippen molar-refractivity contribution in [1.82, 2.24) is 4.90 Å². The van der Waals surface area contributed by atoms with Gasteiger partial charge in [0, 0.05) is 12.6 Å². The maximum atomic E-state index is 12.3. The molecular weight excluding hydrogens is 242 g/mol. The minimum atomic E-state index is -1.69. The van der Waals surface area contributed by atoms with Crippen molar-refractivity contribution in [3.8, 4) is 0 Å². The summed E-state index contributed by atoms with van der Waals surface area (Å²) in [6.07, 6.45) is -0.157. The Hall–Kier alpha value is -1.39. The number of amides is 1. The van der Waals surface area contributed by atoms with Gasteiger partial charge in [0.15, 0.2) is 0 Å². The maximum Gasteiger partial charge on any atom is 0.227 e. The number of aliphatic hydroxyl groups is 1. The Morgan fingerprint density at radius 3 is 2.71 bits per heavy atom. The highest BCUT2D eigenvalue weighted by atomic mass is 35.5. The first-order valence-corrected chi connectivity index (χ1v) is 5.63. The van der Waals surface area contributed by atoms with Crippen molar-refractivity contribution >= 4 is 23.3 Å². The molecule has 88 valence electrons. The van der Waals surface area contributed by atoms with E-state index in [1.807, 2.05) is 0 Å². The van der Waals surface area contributed by atoms with E-state index in [0.717, 1.165) is 4.90 Å². The lowest BCUT2D eigenvalue weighted by atomic mass is 9.92. The number of nitrogens with zero attached hydrogens (tertiary/aromatic N) is 1. The molecule has 0 radical (unpaired) electrons.